The van der Waals surface area contributed by atoms with Gasteiger partial charge < -0.3 is 5.73 Å². The lowest BCUT2D eigenvalue weighted by molar-refractivity contribution is 0.414. The van der Waals surface area contributed by atoms with Crippen molar-refractivity contribution in [1.82, 2.24) is 4.72 Å². The number of sulfonamides is 1. The van der Waals surface area contributed by atoms with Crippen LogP contribution in [0.2, 0.25) is 0 Å². The largest absolute Gasteiger partial charge is 0.326 e. The first-order valence-electron chi connectivity index (χ1n) is 5.64. The fraction of sp³-hybridized carbons (Fsp3) is 0.636. The molecule has 0 bridgehead atoms. The summed E-state index contributed by atoms with van der Waals surface area (Å²) in [7, 11) is -3.41. The molecule has 0 amide bonds. The molecule has 4 nitrogen and oxygen atoms in total. The van der Waals surface area contributed by atoms with Crippen LogP contribution in [0.4, 0.5) is 0 Å². The number of nitrogens with one attached hydrogen (secondary N) is 1. The average molecular weight is 276 g/mol. The van der Waals surface area contributed by atoms with Gasteiger partial charge in [-0.15, -0.1) is 11.3 Å². The SMILES string of the molecule is CC(C)C(C)CNS(=O)(=O)c1ccsc1CN. The minimum atomic E-state index is -3.41. The molecule has 0 spiro atoms. The van der Waals surface area contributed by atoms with Gasteiger partial charge in [-0.1, -0.05) is 20.8 Å². The standard InChI is InChI=1S/C11H20N2O2S2/c1-8(2)9(3)7-13-17(14,15)11-4-5-16-10(11)6-12/h4-5,8-9,13H,6-7,12H2,1-3H3. The van der Waals surface area contributed by atoms with Gasteiger partial charge in [0.2, 0.25) is 10.0 Å². The quantitative estimate of drug-likeness (QED) is 0.832. The van der Waals surface area contributed by atoms with Crippen molar-refractivity contribution in [3.8, 4) is 0 Å². The molecule has 1 aromatic heterocycles. The van der Waals surface area contributed by atoms with Crippen molar-refractivity contribution in [3.63, 3.8) is 0 Å². The third-order valence-electron chi connectivity index (χ3n) is 2.91. The van der Waals surface area contributed by atoms with E-state index >= 15 is 0 Å². The summed E-state index contributed by atoms with van der Waals surface area (Å²) in [6, 6.07) is 1.61. The second kappa shape index (κ2) is 5.95. The molecule has 17 heavy (non-hydrogen) atoms. The molecule has 0 radical (unpaired) electrons. The number of hydrogen-bond donors (Lipinski definition) is 2. The van der Waals surface area contributed by atoms with Crippen LogP contribution < -0.4 is 10.5 Å². The predicted octanol–water partition coefficient (Wildman–Crippen LogP) is 1.78. The van der Waals surface area contributed by atoms with Crippen LogP contribution in [-0.2, 0) is 16.6 Å². The second-order valence-corrected chi connectivity index (χ2v) is 7.22. The molecule has 0 saturated carbocycles. The molecule has 1 rings (SSSR count). The van der Waals surface area contributed by atoms with Gasteiger partial charge in [-0.05, 0) is 23.3 Å². The molecule has 1 unspecified atom stereocenters. The van der Waals surface area contributed by atoms with Crippen molar-refractivity contribution in [3.05, 3.63) is 16.3 Å². The molecule has 98 valence electrons. The topological polar surface area (TPSA) is 72.2 Å². The van der Waals surface area contributed by atoms with Gasteiger partial charge in [0.25, 0.3) is 0 Å². The van der Waals surface area contributed by atoms with E-state index in [1.165, 1.54) is 11.3 Å². The molecular formula is C11H20N2O2S2. The zero-order valence-corrected chi connectivity index (χ0v) is 12.1. The van der Waals surface area contributed by atoms with E-state index in [-0.39, 0.29) is 6.54 Å². The summed E-state index contributed by atoms with van der Waals surface area (Å²) in [5, 5.41) is 1.75. The van der Waals surface area contributed by atoms with Gasteiger partial charge in [0, 0.05) is 18.0 Å². The molecule has 0 aliphatic rings. The van der Waals surface area contributed by atoms with Crippen LogP contribution in [0.25, 0.3) is 0 Å². The number of thiophene rings is 1. The summed E-state index contributed by atoms with van der Waals surface area (Å²) >= 11 is 1.37. The summed E-state index contributed by atoms with van der Waals surface area (Å²) in [6.45, 7) is 6.90. The van der Waals surface area contributed by atoms with Crippen molar-refractivity contribution in [2.24, 2.45) is 17.6 Å². The highest BCUT2D eigenvalue weighted by Gasteiger charge is 2.20. The Balaban J connectivity index is 2.76. The third-order valence-corrected chi connectivity index (χ3v) is 5.49. The first kappa shape index (κ1) is 14.6. The van der Waals surface area contributed by atoms with Gasteiger partial charge >= 0.3 is 0 Å². The maximum atomic E-state index is 12.0. The van der Waals surface area contributed by atoms with E-state index < -0.39 is 10.0 Å². The van der Waals surface area contributed by atoms with Crippen molar-refractivity contribution in [1.29, 1.82) is 0 Å². The molecule has 0 fully saturated rings. The summed E-state index contributed by atoms with van der Waals surface area (Å²) in [6.07, 6.45) is 0. The Morgan fingerprint density at radius 3 is 2.59 bits per heavy atom. The minimum Gasteiger partial charge on any atom is -0.326 e. The van der Waals surface area contributed by atoms with Crippen molar-refractivity contribution < 1.29 is 8.42 Å². The van der Waals surface area contributed by atoms with E-state index in [0.717, 1.165) is 0 Å². The van der Waals surface area contributed by atoms with Gasteiger partial charge in [0.1, 0.15) is 0 Å². The van der Waals surface area contributed by atoms with Gasteiger partial charge in [-0.25, -0.2) is 13.1 Å². The fourth-order valence-corrected chi connectivity index (χ4v) is 3.75. The highest BCUT2D eigenvalue weighted by molar-refractivity contribution is 7.89. The predicted molar refractivity (Wildman–Crippen MR) is 71.4 cm³/mol. The van der Waals surface area contributed by atoms with Crippen LogP contribution in [0, 0.1) is 11.8 Å². The molecule has 0 aliphatic heterocycles. The lowest BCUT2D eigenvalue weighted by atomic mass is 9.99. The molecular weight excluding hydrogens is 256 g/mol. The third kappa shape index (κ3) is 3.77. The Morgan fingerprint density at radius 1 is 1.41 bits per heavy atom. The summed E-state index contributed by atoms with van der Waals surface area (Å²) in [5.41, 5.74) is 5.51. The minimum absolute atomic E-state index is 0.258. The molecule has 1 heterocycles. The summed E-state index contributed by atoms with van der Waals surface area (Å²) < 4.78 is 26.7. The first-order valence-corrected chi connectivity index (χ1v) is 8.01. The van der Waals surface area contributed by atoms with Gasteiger partial charge in [0.05, 0.1) is 4.90 Å². The lowest BCUT2D eigenvalue weighted by Crippen LogP contribution is -2.30. The van der Waals surface area contributed by atoms with Gasteiger partial charge in [-0.3, -0.25) is 0 Å². The Kier molecular flexibility index (Phi) is 5.12. The normalized spacial score (nSPS) is 14.2. The zero-order valence-electron chi connectivity index (χ0n) is 10.4. The molecule has 1 atom stereocenters. The van der Waals surface area contributed by atoms with E-state index in [9.17, 15) is 8.42 Å². The first-order chi connectivity index (χ1) is 7.88. The molecule has 6 heteroatoms. The van der Waals surface area contributed by atoms with Crippen molar-refractivity contribution in [2.75, 3.05) is 6.54 Å². The van der Waals surface area contributed by atoms with E-state index in [0.29, 0.717) is 28.2 Å². The van der Waals surface area contributed by atoms with Gasteiger partial charge in [-0.2, -0.15) is 0 Å². The smallest absolute Gasteiger partial charge is 0.241 e. The number of nitrogens with two attached hydrogens (primary N) is 1. The molecule has 3 N–H and O–H groups in total. The van der Waals surface area contributed by atoms with Crippen LogP contribution >= 0.6 is 11.3 Å². The summed E-state index contributed by atoms with van der Waals surface area (Å²) in [5.74, 6) is 0.763. The van der Waals surface area contributed by atoms with Crippen LogP contribution in [0.5, 0.6) is 0 Å². The van der Waals surface area contributed by atoms with E-state index in [4.69, 9.17) is 5.73 Å². The highest BCUT2D eigenvalue weighted by Crippen LogP contribution is 2.21. The maximum Gasteiger partial charge on any atom is 0.241 e. The Hall–Kier alpha value is -0.430. The van der Waals surface area contributed by atoms with Gasteiger partial charge in [0.15, 0.2) is 0 Å². The van der Waals surface area contributed by atoms with Crippen LogP contribution in [-0.4, -0.2) is 15.0 Å². The monoisotopic (exact) mass is 276 g/mol. The Morgan fingerprint density at radius 2 is 2.06 bits per heavy atom. The van der Waals surface area contributed by atoms with Crippen LogP contribution in [0.1, 0.15) is 25.6 Å². The Bertz CT molecular complexity index is 452. The average Bonchev–Trinajstić information content (AvgIpc) is 2.74. The fourth-order valence-electron chi connectivity index (χ4n) is 1.27. The molecule has 0 aromatic carbocycles. The maximum absolute atomic E-state index is 12.0. The second-order valence-electron chi connectivity index (χ2n) is 4.49. The molecule has 0 aliphatic carbocycles. The number of hydrogen-bond acceptors (Lipinski definition) is 4. The Labute approximate surface area is 107 Å². The summed E-state index contributed by atoms with van der Waals surface area (Å²) in [4.78, 5) is 1.02. The molecule has 1 aromatic rings. The van der Waals surface area contributed by atoms with Crippen molar-refractivity contribution >= 4 is 21.4 Å². The van der Waals surface area contributed by atoms with Crippen LogP contribution in [0.15, 0.2) is 16.3 Å². The zero-order chi connectivity index (χ0) is 13.1. The highest BCUT2D eigenvalue weighted by atomic mass is 32.2. The van der Waals surface area contributed by atoms with Crippen molar-refractivity contribution in [2.45, 2.75) is 32.2 Å². The van der Waals surface area contributed by atoms with Crippen LogP contribution in [0.3, 0.4) is 0 Å². The number of rotatable bonds is 6. The van der Waals surface area contributed by atoms with E-state index in [2.05, 4.69) is 18.6 Å². The van der Waals surface area contributed by atoms with E-state index in [1.807, 2.05) is 6.92 Å². The molecule has 0 saturated heterocycles. The lowest BCUT2D eigenvalue weighted by Gasteiger charge is -2.16. The van der Waals surface area contributed by atoms with E-state index in [1.54, 1.807) is 11.4 Å².